The first-order chi connectivity index (χ1) is 6.77. The summed E-state index contributed by atoms with van der Waals surface area (Å²) in [5.74, 6) is 5.72. The molecule has 0 atom stereocenters. The molecule has 0 spiro atoms. The maximum absolute atomic E-state index is 4.47. The summed E-state index contributed by atoms with van der Waals surface area (Å²) >= 11 is 0. The minimum atomic E-state index is 0.986. The van der Waals surface area contributed by atoms with Gasteiger partial charge in [0.15, 0.2) is 0 Å². The number of aryl methyl sites for hydroxylation is 2. The van der Waals surface area contributed by atoms with E-state index in [1.165, 1.54) is 0 Å². The topological polar surface area (TPSA) is 12.9 Å². The van der Waals surface area contributed by atoms with Crippen LogP contribution in [0.3, 0.4) is 0 Å². The number of hydrogen-bond acceptors (Lipinski definition) is 1. The first kappa shape index (κ1) is 10.5. The van der Waals surface area contributed by atoms with E-state index in [0.29, 0.717) is 0 Å². The van der Waals surface area contributed by atoms with E-state index in [9.17, 15) is 0 Å². The lowest BCUT2D eigenvalue weighted by atomic mass is 10.1. The van der Waals surface area contributed by atoms with Crippen LogP contribution in [0.4, 0.5) is 0 Å². The molecule has 1 heterocycles. The van der Waals surface area contributed by atoms with E-state index in [1.54, 1.807) is 0 Å². The molecule has 1 aromatic rings. The lowest BCUT2D eigenvalue weighted by molar-refractivity contribution is 1.00. The Hall–Kier alpha value is -1.55. The van der Waals surface area contributed by atoms with Crippen molar-refractivity contribution < 1.29 is 0 Å². The lowest BCUT2D eigenvalue weighted by Gasteiger charge is -2.01. The molecular weight excluding hydrogens is 170 g/mol. The molecule has 0 bridgehead atoms. The molecule has 72 valence electrons. The Labute approximate surface area is 85.9 Å². The average molecular weight is 185 g/mol. The summed E-state index contributed by atoms with van der Waals surface area (Å²) in [6.07, 6.45) is 4.84. The molecule has 0 aromatic carbocycles. The minimum absolute atomic E-state index is 0.986. The molecule has 0 N–H and O–H groups in total. The first-order valence-corrected chi connectivity index (χ1v) is 4.83. The fraction of sp³-hybridized carbons (Fsp3) is 0.308. The largest absolute Gasteiger partial charge is 0.258 e. The van der Waals surface area contributed by atoms with E-state index in [2.05, 4.69) is 35.9 Å². The van der Waals surface area contributed by atoms with Gasteiger partial charge in [0.05, 0.1) is 0 Å². The predicted octanol–water partition coefficient (Wildman–Crippen LogP) is 2.99. The van der Waals surface area contributed by atoms with Gasteiger partial charge < -0.3 is 0 Å². The molecule has 1 heteroatoms. The van der Waals surface area contributed by atoms with Crippen LogP contribution in [0.2, 0.25) is 0 Å². The number of aromatic nitrogens is 1. The Morgan fingerprint density at radius 3 is 2.79 bits per heavy atom. The second-order valence-corrected chi connectivity index (χ2v) is 3.06. The highest BCUT2D eigenvalue weighted by atomic mass is 14.7. The molecule has 0 saturated heterocycles. The smallest absolute Gasteiger partial charge is 0.0448 e. The summed E-state index contributed by atoms with van der Waals surface area (Å²) in [5.41, 5.74) is 3.35. The quantitative estimate of drug-likeness (QED) is 0.645. The van der Waals surface area contributed by atoms with Gasteiger partial charge in [-0.15, -0.1) is 5.92 Å². The molecule has 0 aliphatic carbocycles. The summed E-state index contributed by atoms with van der Waals surface area (Å²) < 4.78 is 0. The summed E-state index contributed by atoms with van der Waals surface area (Å²) in [4.78, 5) is 4.47. The number of allylic oxidation sites excluding steroid dienone is 1. The molecule has 0 saturated carbocycles. The van der Waals surface area contributed by atoms with Crippen molar-refractivity contribution >= 4 is 6.08 Å². The molecule has 0 amide bonds. The van der Waals surface area contributed by atoms with Gasteiger partial charge in [-0.2, -0.15) is 0 Å². The zero-order valence-electron chi connectivity index (χ0n) is 8.96. The van der Waals surface area contributed by atoms with Gasteiger partial charge in [-0.3, -0.25) is 4.98 Å². The third-order valence-corrected chi connectivity index (χ3v) is 2.04. The molecule has 0 unspecified atom stereocenters. The van der Waals surface area contributed by atoms with Crippen LogP contribution in [0.5, 0.6) is 0 Å². The van der Waals surface area contributed by atoms with Gasteiger partial charge in [0.25, 0.3) is 0 Å². The van der Waals surface area contributed by atoms with Crippen LogP contribution in [-0.4, -0.2) is 4.98 Å². The highest BCUT2D eigenvalue weighted by Crippen LogP contribution is 2.08. The summed E-state index contributed by atoms with van der Waals surface area (Å²) in [6.45, 7) is 5.97. The van der Waals surface area contributed by atoms with Gasteiger partial charge in [0, 0.05) is 11.4 Å². The zero-order chi connectivity index (χ0) is 10.4. The first-order valence-electron chi connectivity index (χ1n) is 4.83. The molecule has 1 aromatic heterocycles. The van der Waals surface area contributed by atoms with Gasteiger partial charge >= 0.3 is 0 Å². The Morgan fingerprint density at radius 2 is 2.21 bits per heavy atom. The van der Waals surface area contributed by atoms with Crippen molar-refractivity contribution in [2.24, 2.45) is 0 Å². The van der Waals surface area contributed by atoms with E-state index in [0.717, 1.165) is 23.4 Å². The molecule has 1 nitrogen and oxygen atoms in total. The third kappa shape index (κ3) is 2.74. The lowest BCUT2D eigenvalue weighted by Crippen LogP contribution is -1.92. The Morgan fingerprint density at radius 1 is 1.43 bits per heavy atom. The Bertz CT molecular complexity index is 391. The molecule has 14 heavy (non-hydrogen) atoms. The van der Waals surface area contributed by atoms with Gasteiger partial charge in [-0.25, -0.2) is 0 Å². The molecule has 0 fully saturated rings. The van der Waals surface area contributed by atoms with Gasteiger partial charge in [-0.05, 0) is 44.1 Å². The molecule has 1 rings (SSSR count). The van der Waals surface area contributed by atoms with Crippen molar-refractivity contribution in [2.75, 3.05) is 0 Å². The Balaban J connectivity index is 2.92. The minimum Gasteiger partial charge on any atom is -0.258 e. The van der Waals surface area contributed by atoms with Gasteiger partial charge in [0.1, 0.15) is 0 Å². The summed E-state index contributed by atoms with van der Waals surface area (Å²) in [5, 5.41) is 0. The summed E-state index contributed by atoms with van der Waals surface area (Å²) in [6, 6.07) is 4.15. The van der Waals surface area contributed by atoms with Crippen LogP contribution >= 0.6 is 0 Å². The fourth-order valence-electron chi connectivity index (χ4n) is 1.21. The van der Waals surface area contributed by atoms with Crippen molar-refractivity contribution in [3.63, 3.8) is 0 Å². The van der Waals surface area contributed by atoms with Crippen LogP contribution in [0.25, 0.3) is 6.08 Å². The van der Waals surface area contributed by atoms with Crippen molar-refractivity contribution in [1.82, 2.24) is 4.98 Å². The van der Waals surface area contributed by atoms with Crippen LogP contribution in [-0.2, 0) is 6.42 Å². The second kappa shape index (κ2) is 5.24. The van der Waals surface area contributed by atoms with Crippen molar-refractivity contribution in [3.8, 4) is 11.8 Å². The van der Waals surface area contributed by atoms with E-state index in [-0.39, 0.29) is 0 Å². The average Bonchev–Trinajstić information content (AvgIpc) is 2.20. The Kier molecular flexibility index (Phi) is 3.94. The highest BCUT2D eigenvalue weighted by Gasteiger charge is 1.96. The van der Waals surface area contributed by atoms with Crippen LogP contribution < -0.4 is 0 Å². The second-order valence-electron chi connectivity index (χ2n) is 3.06. The van der Waals surface area contributed by atoms with E-state index in [1.807, 2.05) is 26.0 Å². The van der Waals surface area contributed by atoms with E-state index in [4.69, 9.17) is 0 Å². The maximum atomic E-state index is 4.47. The molecule has 0 aliphatic heterocycles. The van der Waals surface area contributed by atoms with Crippen molar-refractivity contribution in [3.05, 3.63) is 35.2 Å². The highest BCUT2D eigenvalue weighted by molar-refractivity contribution is 5.54. The third-order valence-electron chi connectivity index (χ3n) is 2.04. The van der Waals surface area contributed by atoms with Crippen LogP contribution in [0, 0.1) is 18.8 Å². The SMILES string of the molecule is CC#C/C=C\c1ccc(CC)nc1C. The van der Waals surface area contributed by atoms with Crippen molar-refractivity contribution in [2.45, 2.75) is 27.2 Å². The number of pyridine rings is 1. The van der Waals surface area contributed by atoms with Gasteiger partial charge in [-0.1, -0.05) is 18.9 Å². The zero-order valence-corrected chi connectivity index (χ0v) is 8.96. The van der Waals surface area contributed by atoms with E-state index >= 15 is 0 Å². The molecule has 0 aliphatic rings. The normalized spacial score (nSPS) is 9.93. The molecular formula is C13H15N. The van der Waals surface area contributed by atoms with Crippen LogP contribution in [0.1, 0.15) is 30.8 Å². The molecule has 0 radical (unpaired) electrons. The maximum Gasteiger partial charge on any atom is 0.0448 e. The fourth-order valence-corrected chi connectivity index (χ4v) is 1.21. The number of nitrogens with zero attached hydrogens (tertiary/aromatic N) is 1. The van der Waals surface area contributed by atoms with E-state index < -0.39 is 0 Å². The number of rotatable bonds is 2. The number of hydrogen-bond donors (Lipinski definition) is 0. The van der Waals surface area contributed by atoms with Crippen molar-refractivity contribution in [1.29, 1.82) is 0 Å². The standard InChI is InChI=1S/C13H15N/c1-4-6-7-8-12-9-10-13(5-2)14-11(12)3/h7-10H,5H2,1-3H3/b8-7-. The predicted molar refractivity (Wildman–Crippen MR) is 60.8 cm³/mol. The monoisotopic (exact) mass is 185 g/mol. The summed E-state index contributed by atoms with van der Waals surface area (Å²) in [7, 11) is 0. The van der Waals surface area contributed by atoms with Crippen LogP contribution in [0.15, 0.2) is 18.2 Å². The van der Waals surface area contributed by atoms with Gasteiger partial charge in [0.2, 0.25) is 0 Å².